The predicted molar refractivity (Wildman–Crippen MR) is 81.7 cm³/mol. The number of piperidine rings is 1. The molecule has 0 bridgehead atoms. The third-order valence-electron chi connectivity index (χ3n) is 2.97. The quantitative estimate of drug-likeness (QED) is 0.896. The summed E-state index contributed by atoms with van der Waals surface area (Å²) in [4.78, 5) is 15.7. The Kier molecular flexibility index (Phi) is 9.10. The molecule has 2 rings (SSSR count). The summed E-state index contributed by atoms with van der Waals surface area (Å²) in [6, 6.07) is 1.64. The molecule has 1 aromatic rings. The van der Waals surface area contributed by atoms with Crippen LogP contribution in [0.25, 0.3) is 0 Å². The van der Waals surface area contributed by atoms with Crippen molar-refractivity contribution in [1.82, 2.24) is 15.6 Å². The Morgan fingerprint density at radius 1 is 1.53 bits per heavy atom. The van der Waals surface area contributed by atoms with Crippen molar-refractivity contribution in [3.63, 3.8) is 0 Å². The van der Waals surface area contributed by atoms with Gasteiger partial charge in [-0.1, -0.05) is 11.6 Å². The molecule has 4 nitrogen and oxygen atoms in total. The van der Waals surface area contributed by atoms with E-state index in [-0.39, 0.29) is 30.7 Å². The second-order valence-electron chi connectivity index (χ2n) is 4.28. The summed E-state index contributed by atoms with van der Waals surface area (Å²) >= 11 is 5.90. The van der Waals surface area contributed by atoms with E-state index in [1.165, 1.54) is 12.6 Å². The first kappa shape index (κ1) is 18.4. The van der Waals surface area contributed by atoms with Gasteiger partial charge in [0, 0.05) is 18.9 Å². The van der Waals surface area contributed by atoms with E-state index in [4.69, 9.17) is 11.6 Å². The molecule has 19 heavy (non-hydrogen) atoms. The topological polar surface area (TPSA) is 54.0 Å². The van der Waals surface area contributed by atoms with Crippen LogP contribution in [-0.2, 0) is 0 Å². The summed E-state index contributed by atoms with van der Waals surface area (Å²) in [7, 11) is 0. The maximum Gasteiger partial charge on any atom is 0.252 e. The van der Waals surface area contributed by atoms with Gasteiger partial charge in [0.25, 0.3) is 5.91 Å². The van der Waals surface area contributed by atoms with Gasteiger partial charge in [-0.05, 0) is 37.9 Å². The van der Waals surface area contributed by atoms with Gasteiger partial charge >= 0.3 is 0 Å². The van der Waals surface area contributed by atoms with Crippen LogP contribution in [0.5, 0.6) is 0 Å². The summed E-state index contributed by atoms with van der Waals surface area (Å²) in [6.45, 7) is 2.76. The maximum atomic E-state index is 11.9. The molecule has 1 aliphatic heterocycles. The van der Waals surface area contributed by atoms with Gasteiger partial charge in [0.15, 0.2) is 0 Å². The lowest BCUT2D eigenvalue weighted by Crippen LogP contribution is -2.38. The fraction of sp³-hybridized carbons (Fsp3) is 0.500. The molecule has 2 N–H and O–H groups in total. The van der Waals surface area contributed by atoms with Gasteiger partial charge in [-0.25, -0.2) is 0 Å². The Labute approximate surface area is 130 Å². The van der Waals surface area contributed by atoms with Gasteiger partial charge in [-0.3, -0.25) is 9.78 Å². The molecule has 1 fully saturated rings. The number of nitrogens with zero attached hydrogens (tertiary/aromatic N) is 1. The van der Waals surface area contributed by atoms with Crippen molar-refractivity contribution in [3.05, 3.63) is 29.0 Å². The number of pyridine rings is 1. The Balaban J connectivity index is 0.00000162. The van der Waals surface area contributed by atoms with Crippen LogP contribution in [0.3, 0.4) is 0 Å². The standard InChI is InChI=1S/C12H16ClN3O.2ClH/c13-11-8-15-5-3-10(11)12(17)16-7-9-2-1-4-14-6-9;;/h3,5,8-9,14H,1-2,4,6-7H2,(H,16,17);2*1H. The Hall–Kier alpha value is -0.550. The van der Waals surface area contributed by atoms with Crippen LogP contribution in [-0.4, -0.2) is 30.5 Å². The highest BCUT2D eigenvalue weighted by atomic mass is 35.5. The van der Waals surface area contributed by atoms with E-state index >= 15 is 0 Å². The van der Waals surface area contributed by atoms with Gasteiger partial charge in [0.2, 0.25) is 0 Å². The van der Waals surface area contributed by atoms with Crippen molar-refractivity contribution in [3.8, 4) is 0 Å². The highest BCUT2D eigenvalue weighted by Gasteiger charge is 2.15. The van der Waals surface area contributed by atoms with Crippen molar-refractivity contribution in [1.29, 1.82) is 0 Å². The molecule has 0 radical (unpaired) electrons. The predicted octanol–water partition coefficient (Wildman–Crippen LogP) is 2.31. The van der Waals surface area contributed by atoms with Gasteiger partial charge in [-0.15, -0.1) is 24.8 Å². The second kappa shape index (κ2) is 9.37. The summed E-state index contributed by atoms with van der Waals surface area (Å²) < 4.78 is 0. The lowest BCUT2D eigenvalue weighted by Gasteiger charge is -2.22. The minimum Gasteiger partial charge on any atom is -0.352 e. The van der Waals surface area contributed by atoms with E-state index in [2.05, 4.69) is 15.6 Å². The van der Waals surface area contributed by atoms with Crippen molar-refractivity contribution >= 4 is 42.3 Å². The zero-order chi connectivity index (χ0) is 12.1. The zero-order valence-corrected chi connectivity index (χ0v) is 12.8. The van der Waals surface area contributed by atoms with E-state index < -0.39 is 0 Å². The normalized spacial score (nSPS) is 17.8. The molecule has 2 heterocycles. The van der Waals surface area contributed by atoms with Crippen LogP contribution < -0.4 is 10.6 Å². The van der Waals surface area contributed by atoms with Crippen LogP contribution in [0.4, 0.5) is 0 Å². The Morgan fingerprint density at radius 2 is 2.32 bits per heavy atom. The molecule has 1 unspecified atom stereocenters. The molecule has 1 atom stereocenters. The third kappa shape index (κ3) is 5.53. The van der Waals surface area contributed by atoms with Crippen LogP contribution in [0.2, 0.25) is 5.02 Å². The molecule has 7 heteroatoms. The minimum atomic E-state index is -0.122. The van der Waals surface area contributed by atoms with E-state index in [0.717, 1.165) is 19.5 Å². The van der Waals surface area contributed by atoms with E-state index in [0.29, 0.717) is 23.0 Å². The van der Waals surface area contributed by atoms with Crippen molar-refractivity contribution in [2.75, 3.05) is 19.6 Å². The second-order valence-corrected chi connectivity index (χ2v) is 4.69. The number of halogens is 3. The zero-order valence-electron chi connectivity index (χ0n) is 10.4. The number of carbonyl (C=O) groups excluding carboxylic acids is 1. The molecule has 0 saturated carbocycles. The molecule has 1 saturated heterocycles. The van der Waals surface area contributed by atoms with Crippen molar-refractivity contribution < 1.29 is 4.79 Å². The van der Waals surface area contributed by atoms with Crippen LogP contribution in [0, 0.1) is 5.92 Å². The number of aromatic nitrogens is 1. The van der Waals surface area contributed by atoms with Gasteiger partial charge in [0.05, 0.1) is 10.6 Å². The van der Waals surface area contributed by atoms with Gasteiger partial charge in [0.1, 0.15) is 0 Å². The average molecular weight is 327 g/mol. The molecule has 0 spiro atoms. The molecular weight excluding hydrogens is 309 g/mol. The maximum absolute atomic E-state index is 11.9. The lowest BCUT2D eigenvalue weighted by molar-refractivity contribution is 0.0945. The SMILES string of the molecule is Cl.Cl.O=C(NCC1CCCNC1)c1ccncc1Cl. The number of hydrogen-bond donors (Lipinski definition) is 2. The monoisotopic (exact) mass is 325 g/mol. The first-order valence-corrected chi connectivity index (χ1v) is 6.23. The molecular formula is C12H18Cl3N3O. The molecule has 0 aliphatic carbocycles. The Morgan fingerprint density at radius 3 is 2.95 bits per heavy atom. The highest BCUT2D eigenvalue weighted by Crippen LogP contribution is 2.13. The lowest BCUT2D eigenvalue weighted by atomic mass is 10.00. The van der Waals surface area contributed by atoms with E-state index in [1.807, 2.05) is 0 Å². The van der Waals surface area contributed by atoms with Crippen LogP contribution >= 0.6 is 36.4 Å². The van der Waals surface area contributed by atoms with Crippen LogP contribution in [0.15, 0.2) is 18.5 Å². The van der Waals surface area contributed by atoms with Crippen molar-refractivity contribution in [2.24, 2.45) is 5.92 Å². The van der Waals surface area contributed by atoms with E-state index in [9.17, 15) is 4.79 Å². The molecule has 108 valence electrons. The number of rotatable bonds is 3. The fourth-order valence-corrected chi connectivity index (χ4v) is 2.19. The number of nitrogens with one attached hydrogen (secondary N) is 2. The van der Waals surface area contributed by atoms with E-state index in [1.54, 1.807) is 12.3 Å². The average Bonchev–Trinajstić information content (AvgIpc) is 2.38. The smallest absolute Gasteiger partial charge is 0.252 e. The molecule has 1 amide bonds. The first-order valence-electron chi connectivity index (χ1n) is 5.86. The molecule has 1 aliphatic rings. The molecule has 1 aromatic heterocycles. The summed E-state index contributed by atoms with van der Waals surface area (Å²) in [6.07, 6.45) is 5.40. The third-order valence-corrected chi connectivity index (χ3v) is 3.27. The molecule has 0 aromatic carbocycles. The largest absolute Gasteiger partial charge is 0.352 e. The van der Waals surface area contributed by atoms with Crippen molar-refractivity contribution in [2.45, 2.75) is 12.8 Å². The summed E-state index contributed by atoms with van der Waals surface area (Å²) in [5, 5.41) is 6.64. The van der Waals surface area contributed by atoms with Gasteiger partial charge < -0.3 is 10.6 Å². The first-order chi connectivity index (χ1) is 8.27. The minimum absolute atomic E-state index is 0. The summed E-state index contributed by atoms with van der Waals surface area (Å²) in [5.74, 6) is 0.399. The van der Waals surface area contributed by atoms with Crippen LogP contribution in [0.1, 0.15) is 23.2 Å². The number of carbonyl (C=O) groups is 1. The highest BCUT2D eigenvalue weighted by molar-refractivity contribution is 6.33. The van der Waals surface area contributed by atoms with Gasteiger partial charge in [-0.2, -0.15) is 0 Å². The fourth-order valence-electron chi connectivity index (χ4n) is 1.99. The summed E-state index contributed by atoms with van der Waals surface area (Å²) in [5.41, 5.74) is 0.491. The number of amides is 1. The Bertz CT molecular complexity index is 398. The number of hydrogen-bond acceptors (Lipinski definition) is 3.